The van der Waals surface area contributed by atoms with Crippen LogP contribution in [0.3, 0.4) is 0 Å². The third-order valence-electron chi connectivity index (χ3n) is 4.77. The maximum absolute atomic E-state index is 12.6. The van der Waals surface area contributed by atoms with Gasteiger partial charge in [0.2, 0.25) is 17.5 Å². The number of furan rings is 1. The highest BCUT2D eigenvalue weighted by Gasteiger charge is 2.36. The van der Waals surface area contributed by atoms with Crippen LogP contribution in [0.5, 0.6) is 0 Å². The molecule has 4 aromatic rings. The Balaban J connectivity index is 1.54. The normalized spacial score (nSPS) is 12.7. The molecule has 0 atom stereocenters. The first-order chi connectivity index (χ1) is 14.7. The van der Waals surface area contributed by atoms with Crippen molar-refractivity contribution in [3.8, 4) is 0 Å². The average molecular weight is 393 g/mol. The lowest BCUT2D eigenvalue weighted by atomic mass is 10.1. The summed E-state index contributed by atoms with van der Waals surface area (Å²) in [5.41, 5.74) is 2.01. The third kappa shape index (κ3) is 3.00. The van der Waals surface area contributed by atoms with E-state index >= 15 is 0 Å². The van der Waals surface area contributed by atoms with Gasteiger partial charge >= 0.3 is 0 Å². The molecule has 6 heteroatoms. The van der Waals surface area contributed by atoms with Crippen LogP contribution in [-0.2, 0) is 0 Å². The highest BCUT2D eigenvalue weighted by atomic mass is 16.4. The minimum atomic E-state index is -0.441. The van der Waals surface area contributed by atoms with Gasteiger partial charge in [0.1, 0.15) is 17.1 Å². The van der Waals surface area contributed by atoms with Crippen LogP contribution in [0.25, 0.3) is 6.08 Å². The Labute approximate surface area is 172 Å². The van der Waals surface area contributed by atoms with Crippen LogP contribution in [0.4, 0.5) is 17.3 Å². The van der Waals surface area contributed by atoms with Crippen molar-refractivity contribution < 1.29 is 14.0 Å². The number of anilines is 3. The number of allylic oxidation sites excluding steroid dienone is 1. The molecule has 0 fully saturated rings. The maximum Gasteiger partial charge on any atom is 0.217 e. The van der Waals surface area contributed by atoms with E-state index in [1.165, 1.54) is 18.5 Å². The molecule has 0 N–H and O–H groups in total. The summed E-state index contributed by atoms with van der Waals surface area (Å²) in [5.74, 6) is 0.0744. The van der Waals surface area contributed by atoms with Gasteiger partial charge in [0.25, 0.3) is 0 Å². The fourth-order valence-corrected chi connectivity index (χ4v) is 3.40. The van der Waals surface area contributed by atoms with Crippen LogP contribution in [0.2, 0.25) is 0 Å². The molecule has 144 valence electrons. The van der Waals surface area contributed by atoms with E-state index in [4.69, 9.17) is 4.42 Å². The van der Waals surface area contributed by atoms with Crippen molar-refractivity contribution in [3.05, 3.63) is 108 Å². The minimum Gasteiger partial charge on any atom is -0.440 e. The number of carbonyl (C=O) groups excluding carboxylic acids is 2. The number of benzene rings is 2. The van der Waals surface area contributed by atoms with Crippen molar-refractivity contribution in [1.29, 1.82) is 0 Å². The molecule has 5 rings (SSSR count). The summed E-state index contributed by atoms with van der Waals surface area (Å²) in [6, 6.07) is 23.1. The summed E-state index contributed by atoms with van der Waals surface area (Å²) in [6.45, 7) is 0. The van der Waals surface area contributed by atoms with E-state index in [2.05, 4.69) is 9.97 Å². The molecule has 30 heavy (non-hydrogen) atoms. The average Bonchev–Trinajstić information content (AvgIpc) is 3.35. The van der Waals surface area contributed by atoms with Gasteiger partial charge < -0.3 is 4.42 Å². The molecule has 0 radical (unpaired) electrons. The van der Waals surface area contributed by atoms with Crippen molar-refractivity contribution in [3.63, 3.8) is 0 Å². The SMILES string of the molecule is O=C1C(=Cc2ccc(N(c3ccccc3)c3ccccc3)o2)C(=O)c2nccnc21. The summed E-state index contributed by atoms with van der Waals surface area (Å²) >= 11 is 0. The molecule has 6 nitrogen and oxygen atoms in total. The molecule has 0 amide bonds. The number of Topliss-reactive ketones (excluding diaryl/α,β-unsaturated/α-hetero) is 2. The lowest BCUT2D eigenvalue weighted by Gasteiger charge is -2.22. The largest absolute Gasteiger partial charge is 0.440 e. The molecule has 2 aromatic heterocycles. The van der Waals surface area contributed by atoms with E-state index in [1.54, 1.807) is 12.1 Å². The topological polar surface area (TPSA) is 76.3 Å². The fourth-order valence-electron chi connectivity index (χ4n) is 3.40. The van der Waals surface area contributed by atoms with Gasteiger partial charge in [0.15, 0.2) is 0 Å². The summed E-state index contributed by atoms with van der Waals surface area (Å²) in [7, 11) is 0. The van der Waals surface area contributed by atoms with Crippen molar-refractivity contribution in [2.75, 3.05) is 4.90 Å². The maximum atomic E-state index is 12.6. The van der Waals surface area contributed by atoms with Crippen LogP contribution >= 0.6 is 0 Å². The van der Waals surface area contributed by atoms with Crippen LogP contribution in [0.1, 0.15) is 26.7 Å². The van der Waals surface area contributed by atoms with E-state index in [1.807, 2.05) is 65.6 Å². The standard InChI is InChI=1S/C24H15N3O3/c28-23-19(24(29)22-21(23)25-13-14-26-22)15-18-11-12-20(30-18)27(16-7-3-1-4-8-16)17-9-5-2-6-10-17/h1-15H. The number of ketones is 2. The monoisotopic (exact) mass is 393 g/mol. The second-order valence-electron chi connectivity index (χ2n) is 6.65. The van der Waals surface area contributed by atoms with Gasteiger partial charge in [0.05, 0.1) is 5.57 Å². The zero-order valence-corrected chi connectivity index (χ0v) is 15.7. The Bertz CT molecular complexity index is 1200. The first-order valence-corrected chi connectivity index (χ1v) is 9.34. The number of fused-ring (bicyclic) bond motifs is 1. The van der Waals surface area contributed by atoms with Crippen molar-refractivity contribution in [1.82, 2.24) is 9.97 Å². The predicted octanol–water partition coefficient (Wildman–Crippen LogP) is 5.00. The highest BCUT2D eigenvalue weighted by Crippen LogP contribution is 2.36. The van der Waals surface area contributed by atoms with Crippen LogP contribution in [0.15, 0.2) is 95.2 Å². The Morgan fingerprint density at radius 1 is 0.700 bits per heavy atom. The number of hydrogen-bond donors (Lipinski definition) is 0. The fraction of sp³-hybridized carbons (Fsp3) is 0. The number of carbonyl (C=O) groups is 2. The highest BCUT2D eigenvalue weighted by molar-refractivity contribution is 6.40. The first kappa shape index (κ1) is 17.8. The second kappa shape index (κ2) is 7.25. The molecular formula is C24H15N3O3. The molecule has 1 aliphatic rings. The van der Waals surface area contributed by atoms with Crippen LogP contribution < -0.4 is 4.90 Å². The number of aromatic nitrogens is 2. The quantitative estimate of drug-likeness (QED) is 0.359. The zero-order chi connectivity index (χ0) is 20.5. The van der Waals surface area contributed by atoms with Crippen molar-refractivity contribution >= 4 is 34.9 Å². The minimum absolute atomic E-state index is 0.00284. The van der Waals surface area contributed by atoms with Crippen molar-refractivity contribution in [2.24, 2.45) is 0 Å². The van der Waals surface area contributed by atoms with Gasteiger partial charge in [-0.15, -0.1) is 0 Å². The Morgan fingerprint density at radius 3 is 1.77 bits per heavy atom. The van der Waals surface area contributed by atoms with Crippen LogP contribution in [-0.4, -0.2) is 21.5 Å². The second-order valence-corrected chi connectivity index (χ2v) is 6.65. The molecule has 0 unspecified atom stereocenters. The molecule has 0 aliphatic heterocycles. The summed E-state index contributed by atoms with van der Waals surface area (Å²) in [6.07, 6.45) is 4.25. The predicted molar refractivity (Wildman–Crippen MR) is 112 cm³/mol. The van der Waals surface area contributed by atoms with E-state index < -0.39 is 11.6 Å². The Kier molecular flexibility index (Phi) is 4.29. The van der Waals surface area contributed by atoms with Crippen LogP contribution in [0, 0.1) is 0 Å². The Morgan fingerprint density at radius 2 is 1.23 bits per heavy atom. The third-order valence-corrected chi connectivity index (χ3v) is 4.77. The summed E-state index contributed by atoms with van der Waals surface area (Å²) in [4.78, 5) is 35.0. The molecule has 2 heterocycles. The molecule has 0 bridgehead atoms. The molecule has 0 saturated carbocycles. The summed E-state index contributed by atoms with van der Waals surface area (Å²) in [5, 5.41) is 0. The number of para-hydroxylation sites is 2. The molecule has 0 spiro atoms. The first-order valence-electron chi connectivity index (χ1n) is 9.34. The number of hydrogen-bond acceptors (Lipinski definition) is 6. The van der Waals surface area contributed by atoms with Gasteiger partial charge in [-0.2, -0.15) is 0 Å². The molecule has 1 aliphatic carbocycles. The van der Waals surface area contributed by atoms with E-state index in [0.29, 0.717) is 11.6 Å². The van der Waals surface area contributed by atoms with Gasteiger partial charge in [-0.3, -0.25) is 14.5 Å². The van der Waals surface area contributed by atoms with E-state index in [0.717, 1.165) is 11.4 Å². The molecule has 0 saturated heterocycles. The number of rotatable bonds is 4. The van der Waals surface area contributed by atoms with Gasteiger partial charge in [-0.25, -0.2) is 9.97 Å². The molecule has 2 aromatic carbocycles. The smallest absolute Gasteiger partial charge is 0.217 e. The number of nitrogens with zero attached hydrogens (tertiary/aromatic N) is 3. The van der Waals surface area contributed by atoms with Gasteiger partial charge in [0, 0.05) is 29.8 Å². The lowest BCUT2D eigenvalue weighted by molar-refractivity contribution is 0.0987. The van der Waals surface area contributed by atoms with Crippen molar-refractivity contribution in [2.45, 2.75) is 0 Å². The Hall–Kier alpha value is -4.32. The van der Waals surface area contributed by atoms with E-state index in [-0.39, 0.29) is 17.0 Å². The molecular weight excluding hydrogens is 378 g/mol. The summed E-state index contributed by atoms with van der Waals surface area (Å²) < 4.78 is 6.02. The van der Waals surface area contributed by atoms with E-state index in [9.17, 15) is 9.59 Å². The zero-order valence-electron chi connectivity index (χ0n) is 15.7. The van der Waals surface area contributed by atoms with Gasteiger partial charge in [-0.05, 0) is 36.4 Å². The lowest BCUT2D eigenvalue weighted by Crippen LogP contribution is -2.08. The van der Waals surface area contributed by atoms with Gasteiger partial charge in [-0.1, -0.05) is 36.4 Å².